The van der Waals surface area contributed by atoms with Gasteiger partial charge in [-0.3, -0.25) is 4.79 Å². The molecule has 1 heterocycles. The van der Waals surface area contributed by atoms with Gasteiger partial charge in [0.05, 0.1) is 11.3 Å². The van der Waals surface area contributed by atoms with Crippen molar-refractivity contribution in [2.24, 2.45) is 5.73 Å². The van der Waals surface area contributed by atoms with Crippen LogP contribution in [0.4, 0.5) is 5.69 Å². The van der Waals surface area contributed by atoms with Gasteiger partial charge in [0.15, 0.2) is 0 Å². The second-order valence-corrected chi connectivity index (χ2v) is 6.60. The molecule has 0 radical (unpaired) electrons. The van der Waals surface area contributed by atoms with Crippen molar-refractivity contribution < 1.29 is 13.2 Å². The first-order chi connectivity index (χ1) is 9.39. The van der Waals surface area contributed by atoms with Gasteiger partial charge in [0.1, 0.15) is 0 Å². The van der Waals surface area contributed by atoms with Crippen LogP contribution in [0.15, 0.2) is 23.1 Å². The minimum Gasteiger partial charge on any atom is -0.329 e. The van der Waals surface area contributed by atoms with Crippen molar-refractivity contribution >= 4 is 21.6 Å². The zero-order chi connectivity index (χ0) is 14.9. The van der Waals surface area contributed by atoms with E-state index in [1.807, 2.05) is 6.92 Å². The summed E-state index contributed by atoms with van der Waals surface area (Å²) in [6, 6.07) is 4.46. The number of nitrogens with one attached hydrogen (secondary N) is 1. The number of fused-ring (bicyclic) bond motifs is 1. The summed E-state index contributed by atoms with van der Waals surface area (Å²) in [6.07, 6.45) is 0.866. The van der Waals surface area contributed by atoms with E-state index in [1.54, 1.807) is 19.2 Å². The summed E-state index contributed by atoms with van der Waals surface area (Å²) in [7, 11) is -1.92. The third kappa shape index (κ3) is 2.70. The van der Waals surface area contributed by atoms with E-state index in [-0.39, 0.29) is 29.8 Å². The summed E-state index contributed by atoms with van der Waals surface area (Å²) in [6.45, 7) is 2.12. The van der Waals surface area contributed by atoms with Crippen molar-refractivity contribution in [2.45, 2.75) is 30.7 Å². The second kappa shape index (κ2) is 5.51. The molecule has 1 aliphatic heterocycles. The van der Waals surface area contributed by atoms with Gasteiger partial charge in [0, 0.05) is 25.3 Å². The van der Waals surface area contributed by atoms with Gasteiger partial charge >= 0.3 is 0 Å². The number of amides is 1. The van der Waals surface area contributed by atoms with Crippen molar-refractivity contribution in [3.05, 3.63) is 23.8 Å². The summed E-state index contributed by atoms with van der Waals surface area (Å²) < 4.78 is 27.1. The van der Waals surface area contributed by atoms with E-state index >= 15 is 0 Å². The topological polar surface area (TPSA) is 92.5 Å². The summed E-state index contributed by atoms with van der Waals surface area (Å²) in [5.41, 5.74) is 7.02. The Bertz CT molecular complexity index is 624. The standard InChI is InChI=1S/C13H19N3O3S/c1-3-10(8-14)15-20(18,19)11-4-5-12-9(6-11)7-13(17)16(12)2/h4-6,10,15H,3,7-8,14H2,1-2H3. The van der Waals surface area contributed by atoms with Gasteiger partial charge in [-0.05, 0) is 30.2 Å². The van der Waals surface area contributed by atoms with Crippen LogP contribution < -0.4 is 15.4 Å². The highest BCUT2D eigenvalue weighted by atomic mass is 32.2. The number of carbonyl (C=O) groups excluding carboxylic acids is 1. The fraction of sp³-hybridized carbons (Fsp3) is 0.462. The second-order valence-electron chi connectivity index (χ2n) is 4.88. The van der Waals surface area contributed by atoms with E-state index in [9.17, 15) is 13.2 Å². The summed E-state index contributed by atoms with van der Waals surface area (Å²) >= 11 is 0. The highest BCUT2D eigenvalue weighted by molar-refractivity contribution is 7.89. The highest BCUT2D eigenvalue weighted by Gasteiger charge is 2.26. The minimum atomic E-state index is -3.60. The Hall–Kier alpha value is -1.44. The maximum absolute atomic E-state index is 12.3. The number of carbonyl (C=O) groups is 1. The smallest absolute Gasteiger partial charge is 0.240 e. The Morgan fingerprint density at radius 1 is 1.45 bits per heavy atom. The first-order valence-corrected chi connectivity index (χ1v) is 7.99. The lowest BCUT2D eigenvalue weighted by atomic mass is 10.2. The third-order valence-corrected chi connectivity index (χ3v) is 5.06. The van der Waals surface area contributed by atoms with E-state index < -0.39 is 10.0 Å². The van der Waals surface area contributed by atoms with Crippen LogP contribution in [-0.4, -0.2) is 34.0 Å². The number of rotatable bonds is 5. The van der Waals surface area contributed by atoms with Crippen molar-refractivity contribution in [3.8, 4) is 0 Å². The molecule has 3 N–H and O–H groups in total. The molecular weight excluding hydrogens is 278 g/mol. The molecule has 20 heavy (non-hydrogen) atoms. The van der Waals surface area contributed by atoms with E-state index in [0.29, 0.717) is 6.42 Å². The van der Waals surface area contributed by atoms with E-state index in [1.165, 1.54) is 11.0 Å². The lowest BCUT2D eigenvalue weighted by molar-refractivity contribution is -0.117. The predicted octanol–water partition coefficient (Wildman–Crippen LogP) is 0.221. The van der Waals surface area contributed by atoms with Crippen LogP contribution in [0.25, 0.3) is 0 Å². The Labute approximate surface area is 119 Å². The molecule has 6 nitrogen and oxygen atoms in total. The van der Waals surface area contributed by atoms with Gasteiger partial charge in [-0.15, -0.1) is 0 Å². The number of hydrogen-bond donors (Lipinski definition) is 2. The Balaban J connectivity index is 2.31. The molecule has 1 aromatic carbocycles. The van der Waals surface area contributed by atoms with Crippen molar-refractivity contribution in [2.75, 3.05) is 18.5 Å². The van der Waals surface area contributed by atoms with Gasteiger partial charge in [-0.25, -0.2) is 13.1 Å². The fourth-order valence-electron chi connectivity index (χ4n) is 2.20. The molecule has 1 amide bonds. The number of benzene rings is 1. The number of sulfonamides is 1. The first-order valence-electron chi connectivity index (χ1n) is 6.51. The molecule has 0 aromatic heterocycles. The fourth-order valence-corrected chi connectivity index (χ4v) is 3.58. The van der Waals surface area contributed by atoms with Gasteiger partial charge in [0.2, 0.25) is 15.9 Å². The van der Waals surface area contributed by atoms with Crippen molar-refractivity contribution in [1.82, 2.24) is 4.72 Å². The quantitative estimate of drug-likeness (QED) is 0.813. The maximum atomic E-state index is 12.3. The van der Waals surface area contributed by atoms with E-state index in [0.717, 1.165) is 11.3 Å². The first kappa shape index (κ1) is 15.0. The molecule has 7 heteroatoms. The van der Waals surface area contributed by atoms with E-state index in [4.69, 9.17) is 5.73 Å². The lowest BCUT2D eigenvalue weighted by Gasteiger charge is -2.16. The number of anilines is 1. The molecular formula is C13H19N3O3S. The molecule has 0 aliphatic carbocycles. The maximum Gasteiger partial charge on any atom is 0.240 e. The highest BCUT2D eigenvalue weighted by Crippen LogP contribution is 2.29. The third-order valence-electron chi connectivity index (χ3n) is 3.54. The van der Waals surface area contributed by atoms with Crippen LogP contribution >= 0.6 is 0 Å². The Kier molecular flexibility index (Phi) is 4.12. The van der Waals surface area contributed by atoms with E-state index in [2.05, 4.69) is 4.72 Å². The molecule has 0 saturated heterocycles. The molecule has 0 spiro atoms. The van der Waals surface area contributed by atoms with Crippen molar-refractivity contribution in [1.29, 1.82) is 0 Å². The molecule has 110 valence electrons. The number of likely N-dealkylation sites (N-methyl/N-ethyl adjacent to an activating group) is 1. The summed E-state index contributed by atoms with van der Waals surface area (Å²) in [5, 5.41) is 0. The van der Waals surface area contributed by atoms with Gasteiger partial charge in [-0.2, -0.15) is 0 Å². The summed E-state index contributed by atoms with van der Waals surface area (Å²) in [5.74, 6) is -0.0316. The Morgan fingerprint density at radius 3 is 2.75 bits per heavy atom. The predicted molar refractivity (Wildman–Crippen MR) is 77.0 cm³/mol. The molecule has 0 bridgehead atoms. The molecule has 0 saturated carbocycles. The van der Waals surface area contributed by atoms with Crippen LogP contribution in [0.5, 0.6) is 0 Å². The van der Waals surface area contributed by atoms with Crippen LogP contribution in [0.3, 0.4) is 0 Å². The van der Waals surface area contributed by atoms with Gasteiger partial charge in [-0.1, -0.05) is 6.92 Å². The number of hydrogen-bond acceptors (Lipinski definition) is 4. The van der Waals surface area contributed by atoms with Gasteiger partial charge < -0.3 is 10.6 Å². The van der Waals surface area contributed by atoms with Crippen LogP contribution in [-0.2, 0) is 21.2 Å². The normalized spacial score (nSPS) is 16.4. The molecule has 1 unspecified atom stereocenters. The molecule has 1 atom stereocenters. The SMILES string of the molecule is CCC(CN)NS(=O)(=O)c1ccc2c(c1)CC(=O)N2C. The van der Waals surface area contributed by atoms with Crippen LogP contribution in [0.1, 0.15) is 18.9 Å². The molecule has 1 aromatic rings. The average Bonchev–Trinajstić information content (AvgIpc) is 2.71. The lowest BCUT2D eigenvalue weighted by Crippen LogP contribution is -2.39. The molecule has 0 fully saturated rings. The number of nitrogens with two attached hydrogens (primary N) is 1. The van der Waals surface area contributed by atoms with Gasteiger partial charge in [0.25, 0.3) is 0 Å². The molecule has 1 aliphatic rings. The van der Waals surface area contributed by atoms with Crippen LogP contribution in [0.2, 0.25) is 0 Å². The zero-order valence-electron chi connectivity index (χ0n) is 11.6. The summed E-state index contributed by atoms with van der Waals surface area (Å²) in [4.78, 5) is 13.3. The average molecular weight is 297 g/mol. The molecule has 2 rings (SSSR count). The zero-order valence-corrected chi connectivity index (χ0v) is 12.4. The Morgan fingerprint density at radius 2 is 2.15 bits per heavy atom. The monoisotopic (exact) mass is 297 g/mol. The minimum absolute atomic E-state index is 0.0316. The van der Waals surface area contributed by atoms with Crippen molar-refractivity contribution in [3.63, 3.8) is 0 Å². The number of nitrogens with zero attached hydrogens (tertiary/aromatic N) is 1. The van der Waals surface area contributed by atoms with Crippen LogP contribution in [0, 0.1) is 0 Å². The largest absolute Gasteiger partial charge is 0.329 e.